The Hall–Kier alpha value is -2.44. The van der Waals surface area contributed by atoms with Crippen LogP contribution < -0.4 is 10.1 Å². The predicted octanol–water partition coefficient (Wildman–Crippen LogP) is 2.46. The minimum absolute atomic E-state index is 0.0437. The van der Waals surface area contributed by atoms with Crippen LogP contribution in [-0.2, 0) is 6.42 Å². The van der Waals surface area contributed by atoms with Gasteiger partial charge in [-0.25, -0.2) is 9.61 Å². The fourth-order valence-electron chi connectivity index (χ4n) is 1.62. The average Bonchev–Trinajstić information content (AvgIpc) is 2.94. The Balaban J connectivity index is 2.10. The van der Waals surface area contributed by atoms with E-state index in [2.05, 4.69) is 25.2 Å². The molecule has 0 saturated carbocycles. The Morgan fingerprint density at radius 1 is 1.43 bits per heavy atom. The lowest BCUT2D eigenvalue weighted by atomic mass is 10.2. The van der Waals surface area contributed by atoms with Crippen LogP contribution in [0.1, 0.15) is 43.2 Å². The molecule has 0 aliphatic rings. The lowest BCUT2D eigenvalue weighted by Gasteiger charge is -2.11. The smallest absolute Gasteiger partial charge is 0.257 e. The highest BCUT2D eigenvalue weighted by Gasteiger charge is 2.14. The van der Waals surface area contributed by atoms with Gasteiger partial charge in [0.2, 0.25) is 11.7 Å². The monoisotopic (exact) mass is 290 g/mol. The maximum Gasteiger partial charge on any atom is 0.257 e. The van der Waals surface area contributed by atoms with Gasteiger partial charge in [-0.2, -0.15) is 0 Å². The molecule has 0 radical (unpaired) electrons. The van der Waals surface area contributed by atoms with Crippen LogP contribution >= 0.6 is 0 Å². The van der Waals surface area contributed by atoms with E-state index in [0.717, 1.165) is 6.42 Å². The Morgan fingerprint density at radius 3 is 2.95 bits per heavy atom. The summed E-state index contributed by atoms with van der Waals surface area (Å²) in [5, 5.41) is 10.0. The van der Waals surface area contributed by atoms with Crippen LogP contribution in [0.2, 0.25) is 0 Å². The number of hydrogen-bond donors (Lipinski definition) is 1. The van der Waals surface area contributed by atoms with Gasteiger partial charge < -0.3 is 10.1 Å². The molecule has 21 heavy (non-hydrogen) atoms. The van der Waals surface area contributed by atoms with Gasteiger partial charge in [0, 0.05) is 17.8 Å². The number of rotatable bonds is 6. The van der Waals surface area contributed by atoms with Crippen LogP contribution in [-0.4, -0.2) is 27.3 Å². The summed E-state index contributed by atoms with van der Waals surface area (Å²) < 4.78 is 10.2. The molecule has 2 aromatic rings. The molecular weight excluding hydrogens is 272 g/mol. The van der Waals surface area contributed by atoms with Crippen molar-refractivity contribution in [3.05, 3.63) is 29.6 Å². The van der Waals surface area contributed by atoms with E-state index in [4.69, 9.17) is 4.74 Å². The minimum atomic E-state index is -0.309. The number of ether oxygens (including phenoxy) is 1. The van der Waals surface area contributed by atoms with Crippen molar-refractivity contribution in [1.29, 1.82) is 0 Å². The summed E-state index contributed by atoms with van der Waals surface area (Å²) in [5.41, 5.74) is 1.04. The van der Waals surface area contributed by atoms with Gasteiger partial charge in [0.1, 0.15) is 5.69 Å². The van der Waals surface area contributed by atoms with Crippen molar-refractivity contribution in [3.8, 4) is 5.88 Å². The average molecular weight is 290 g/mol. The quantitative estimate of drug-likeness (QED) is 0.878. The molecular formula is C14H18N4O3. The van der Waals surface area contributed by atoms with Crippen molar-refractivity contribution in [3.63, 3.8) is 0 Å². The van der Waals surface area contributed by atoms with Crippen LogP contribution in [0.4, 0.5) is 5.82 Å². The molecule has 0 saturated heterocycles. The van der Waals surface area contributed by atoms with E-state index in [0.29, 0.717) is 29.4 Å². The lowest BCUT2D eigenvalue weighted by Crippen LogP contribution is -2.15. The molecule has 2 aromatic heterocycles. The molecule has 1 N–H and O–H groups in total. The molecule has 2 rings (SSSR count). The summed E-state index contributed by atoms with van der Waals surface area (Å²) in [6.07, 6.45) is 3.07. The van der Waals surface area contributed by atoms with Gasteiger partial charge in [-0.15, -0.1) is 0 Å². The number of hydrogen-bond acceptors (Lipinski definition) is 6. The fraction of sp³-hybridized carbons (Fsp3) is 0.429. The van der Waals surface area contributed by atoms with Crippen LogP contribution in [0.3, 0.4) is 0 Å². The number of carbonyl (C=O) groups is 1. The molecule has 0 aromatic carbocycles. The van der Waals surface area contributed by atoms with Crippen LogP contribution in [0, 0.1) is 0 Å². The van der Waals surface area contributed by atoms with Gasteiger partial charge in [0.05, 0.1) is 6.10 Å². The van der Waals surface area contributed by atoms with E-state index in [1.807, 2.05) is 20.8 Å². The van der Waals surface area contributed by atoms with Crippen LogP contribution in [0.15, 0.2) is 23.0 Å². The van der Waals surface area contributed by atoms with Crippen molar-refractivity contribution in [2.24, 2.45) is 0 Å². The summed E-state index contributed by atoms with van der Waals surface area (Å²) >= 11 is 0. The summed E-state index contributed by atoms with van der Waals surface area (Å²) in [6.45, 7) is 5.87. The number of nitrogens with one attached hydrogen (secondary N) is 1. The summed E-state index contributed by atoms with van der Waals surface area (Å²) in [5.74, 6) is 0.450. The first kappa shape index (κ1) is 15.0. The van der Waals surface area contributed by atoms with Crippen molar-refractivity contribution in [1.82, 2.24) is 15.3 Å². The number of carbonyl (C=O) groups excluding carboxylic acids is 1. The molecule has 0 fully saturated rings. The Bertz CT molecular complexity index is 612. The van der Waals surface area contributed by atoms with E-state index in [1.165, 1.54) is 6.20 Å². The maximum atomic E-state index is 12.2. The fourth-order valence-corrected chi connectivity index (χ4v) is 1.62. The third kappa shape index (κ3) is 3.77. The Kier molecular flexibility index (Phi) is 4.86. The highest BCUT2D eigenvalue weighted by molar-refractivity contribution is 6.04. The second-order valence-corrected chi connectivity index (χ2v) is 4.59. The van der Waals surface area contributed by atoms with Gasteiger partial charge in [-0.3, -0.25) is 4.79 Å². The highest BCUT2D eigenvalue weighted by Crippen LogP contribution is 2.15. The van der Waals surface area contributed by atoms with Gasteiger partial charge in [-0.05, 0) is 31.0 Å². The van der Waals surface area contributed by atoms with Gasteiger partial charge in [0.15, 0.2) is 0 Å². The third-order valence-corrected chi connectivity index (χ3v) is 3.02. The standard InChI is InChI=1S/C14H18N4O3/c1-4-9(3)20-12-8-10(6-7-15-12)14(19)16-13-11(5-2)17-21-18-13/h6-9H,4-5H2,1-3H3,(H,16,18,19). The topological polar surface area (TPSA) is 90.1 Å². The number of pyridine rings is 1. The highest BCUT2D eigenvalue weighted by atomic mass is 16.6. The number of nitrogens with zero attached hydrogens (tertiary/aromatic N) is 3. The number of aryl methyl sites for hydroxylation is 1. The maximum absolute atomic E-state index is 12.2. The van der Waals surface area contributed by atoms with E-state index >= 15 is 0 Å². The molecule has 7 nitrogen and oxygen atoms in total. The molecule has 0 aliphatic heterocycles. The van der Waals surface area contributed by atoms with E-state index < -0.39 is 0 Å². The number of amides is 1. The molecule has 1 atom stereocenters. The van der Waals surface area contributed by atoms with Crippen molar-refractivity contribution in [2.45, 2.75) is 39.7 Å². The van der Waals surface area contributed by atoms with E-state index in [1.54, 1.807) is 12.1 Å². The molecule has 0 aliphatic carbocycles. The third-order valence-electron chi connectivity index (χ3n) is 3.02. The van der Waals surface area contributed by atoms with Crippen molar-refractivity contribution < 1.29 is 14.2 Å². The van der Waals surface area contributed by atoms with E-state index in [9.17, 15) is 4.79 Å². The summed E-state index contributed by atoms with van der Waals surface area (Å²) in [6, 6.07) is 3.21. The van der Waals surface area contributed by atoms with Gasteiger partial charge in [-0.1, -0.05) is 19.0 Å². The zero-order chi connectivity index (χ0) is 15.2. The van der Waals surface area contributed by atoms with Crippen LogP contribution in [0.5, 0.6) is 5.88 Å². The first-order valence-electron chi connectivity index (χ1n) is 6.89. The van der Waals surface area contributed by atoms with E-state index in [-0.39, 0.29) is 12.0 Å². The predicted molar refractivity (Wildman–Crippen MR) is 76.2 cm³/mol. The second-order valence-electron chi connectivity index (χ2n) is 4.59. The first-order chi connectivity index (χ1) is 10.1. The zero-order valence-electron chi connectivity index (χ0n) is 12.3. The largest absolute Gasteiger partial charge is 0.475 e. The Labute approximate surface area is 122 Å². The molecule has 1 amide bonds. The summed E-state index contributed by atoms with van der Waals surface area (Å²) in [4.78, 5) is 16.3. The molecule has 0 bridgehead atoms. The molecule has 0 spiro atoms. The summed E-state index contributed by atoms with van der Waals surface area (Å²) in [7, 11) is 0. The zero-order valence-corrected chi connectivity index (χ0v) is 12.3. The first-order valence-corrected chi connectivity index (χ1v) is 6.89. The number of aromatic nitrogens is 3. The second kappa shape index (κ2) is 6.83. The van der Waals surface area contributed by atoms with Gasteiger partial charge in [0.25, 0.3) is 5.91 Å². The minimum Gasteiger partial charge on any atom is -0.475 e. The lowest BCUT2D eigenvalue weighted by molar-refractivity contribution is 0.102. The van der Waals surface area contributed by atoms with Crippen molar-refractivity contribution >= 4 is 11.7 Å². The molecule has 2 heterocycles. The van der Waals surface area contributed by atoms with Crippen molar-refractivity contribution in [2.75, 3.05) is 5.32 Å². The number of anilines is 1. The molecule has 112 valence electrons. The molecule has 1 unspecified atom stereocenters. The van der Waals surface area contributed by atoms with Gasteiger partial charge >= 0.3 is 0 Å². The normalized spacial score (nSPS) is 12.0. The SMILES string of the molecule is CCc1nonc1NC(=O)c1ccnc(OC(C)CC)c1. The Morgan fingerprint density at radius 2 is 2.24 bits per heavy atom. The van der Waals surface area contributed by atoms with Crippen LogP contribution in [0.25, 0.3) is 0 Å². The molecule has 7 heteroatoms.